The zero-order chi connectivity index (χ0) is 12.0. The SMILES string of the molecule is O=C1C2CCCC2C(=O)N1c1ccc(Br)cc1. The average molecular weight is 294 g/mol. The topological polar surface area (TPSA) is 37.4 Å². The molecule has 0 N–H and O–H groups in total. The first kappa shape index (κ1) is 11.0. The minimum atomic E-state index is -0.0638. The normalized spacial score (nSPS) is 27.7. The largest absolute Gasteiger partial charge is 0.274 e. The van der Waals surface area contributed by atoms with Crippen LogP contribution in [-0.2, 0) is 9.59 Å². The second-order valence-electron chi connectivity index (χ2n) is 4.63. The van der Waals surface area contributed by atoms with Crippen molar-refractivity contribution in [1.29, 1.82) is 0 Å². The number of carbonyl (C=O) groups is 2. The molecule has 1 saturated heterocycles. The van der Waals surface area contributed by atoms with Crippen molar-refractivity contribution < 1.29 is 9.59 Å². The molecule has 88 valence electrons. The average Bonchev–Trinajstić information content (AvgIpc) is 2.87. The number of anilines is 1. The summed E-state index contributed by atoms with van der Waals surface area (Å²) < 4.78 is 0.945. The monoisotopic (exact) mass is 293 g/mol. The van der Waals surface area contributed by atoms with Gasteiger partial charge in [0.2, 0.25) is 11.8 Å². The molecule has 0 radical (unpaired) electrons. The maximum atomic E-state index is 12.2. The van der Waals surface area contributed by atoms with E-state index in [0.29, 0.717) is 5.69 Å². The highest BCUT2D eigenvalue weighted by molar-refractivity contribution is 9.10. The summed E-state index contributed by atoms with van der Waals surface area (Å²) in [4.78, 5) is 25.7. The number of nitrogens with zero attached hydrogens (tertiary/aromatic N) is 1. The van der Waals surface area contributed by atoms with Crippen LogP contribution in [0.5, 0.6) is 0 Å². The van der Waals surface area contributed by atoms with Crippen molar-refractivity contribution in [3.63, 3.8) is 0 Å². The summed E-state index contributed by atoms with van der Waals surface area (Å²) >= 11 is 3.34. The Hall–Kier alpha value is -1.16. The fraction of sp³-hybridized carbons (Fsp3) is 0.385. The number of hydrogen-bond acceptors (Lipinski definition) is 2. The first-order chi connectivity index (χ1) is 8.18. The predicted molar refractivity (Wildman–Crippen MR) is 67.5 cm³/mol. The highest BCUT2D eigenvalue weighted by Gasteiger charge is 2.50. The fourth-order valence-electron chi connectivity index (χ4n) is 2.84. The molecule has 3 nitrogen and oxygen atoms in total. The Labute approximate surface area is 108 Å². The van der Waals surface area contributed by atoms with Crippen LogP contribution in [0.25, 0.3) is 0 Å². The number of amides is 2. The van der Waals surface area contributed by atoms with Gasteiger partial charge in [-0.25, -0.2) is 0 Å². The van der Waals surface area contributed by atoms with Crippen molar-refractivity contribution in [2.24, 2.45) is 11.8 Å². The fourth-order valence-corrected chi connectivity index (χ4v) is 3.10. The molecule has 2 aliphatic rings. The van der Waals surface area contributed by atoms with E-state index < -0.39 is 0 Å². The maximum absolute atomic E-state index is 12.2. The van der Waals surface area contributed by atoms with Gasteiger partial charge < -0.3 is 0 Å². The lowest BCUT2D eigenvalue weighted by Crippen LogP contribution is -2.31. The summed E-state index contributed by atoms with van der Waals surface area (Å²) in [5.41, 5.74) is 0.692. The van der Waals surface area contributed by atoms with Crippen LogP contribution in [-0.4, -0.2) is 11.8 Å². The summed E-state index contributed by atoms with van der Waals surface area (Å²) in [5, 5.41) is 0. The Bertz CT molecular complexity index is 461. The molecule has 0 spiro atoms. The molecule has 1 aliphatic carbocycles. The number of halogens is 1. The van der Waals surface area contributed by atoms with E-state index >= 15 is 0 Å². The van der Waals surface area contributed by atoms with E-state index in [2.05, 4.69) is 15.9 Å². The Morgan fingerprint density at radius 3 is 2.06 bits per heavy atom. The van der Waals surface area contributed by atoms with Gasteiger partial charge in [0, 0.05) is 4.47 Å². The van der Waals surface area contributed by atoms with Gasteiger partial charge in [0.05, 0.1) is 17.5 Å². The van der Waals surface area contributed by atoms with Gasteiger partial charge in [0.15, 0.2) is 0 Å². The molecule has 1 saturated carbocycles. The van der Waals surface area contributed by atoms with E-state index in [1.807, 2.05) is 12.1 Å². The zero-order valence-electron chi connectivity index (χ0n) is 9.23. The molecule has 1 aliphatic heterocycles. The van der Waals surface area contributed by atoms with Crippen molar-refractivity contribution in [2.45, 2.75) is 19.3 Å². The minimum Gasteiger partial charge on any atom is -0.274 e. The number of imide groups is 1. The van der Waals surface area contributed by atoms with Crippen LogP contribution < -0.4 is 4.90 Å². The molecule has 2 fully saturated rings. The Balaban J connectivity index is 1.96. The summed E-state index contributed by atoms with van der Waals surface area (Å²) in [5.74, 6) is -0.156. The van der Waals surface area contributed by atoms with Crippen LogP contribution in [0.3, 0.4) is 0 Å². The molecule has 3 rings (SSSR count). The Morgan fingerprint density at radius 2 is 1.53 bits per heavy atom. The van der Waals surface area contributed by atoms with E-state index in [9.17, 15) is 9.59 Å². The van der Waals surface area contributed by atoms with Crippen molar-refractivity contribution in [3.05, 3.63) is 28.7 Å². The molecule has 17 heavy (non-hydrogen) atoms. The molecule has 1 heterocycles. The van der Waals surface area contributed by atoms with E-state index in [1.165, 1.54) is 4.90 Å². The van der Waals surface area contributed by atoms with Crippen molar-refractivity contribution in [2.75, 3.05) is 4.90 Å². The number of rotatable bonds is 1. The van der Waals surface area contributed by atoms with Gasteiger partial charge in [0.1, 0.15) is 0 Å². The van der Waals surface area contributed by atoms with Gasteiger partial charge in [-0.05, 0) is 37.1 Å². The molecule has 1 aromatic rings. The van der Waals surface area contributed by atoms with Gasteiger partial charge in [0.25, 0.3) is 0 Å². The van der Waals surface area contributed by atoms with E-state index in [1.54, 1.807) is 12.1 Å². The van der Waals surface area contributed by atoms with Crippen LogP contribution in [0.4, 0.5) is 5.69 Å². The smallest absolute Gasteiger partial charge is 0.237 e. The quantitative estimate of drug-likeness (QED) is 0.747. The number of carbonyl (C=O) groups excluding carboxylic acids is 2. The van der Waals surface area contributed by atoms with Crippen LogP contribution in [0.2, 0.25) is 0 Å². The van der Waals surface area contributed by atoms with Crippen molar-refractivity contribution >= 4 is 33.4 Å². The van der Waals surface area contributed by atoms with Crippen LogP contribution >= 0.6 is 15.9 Å². The van der Waals surface area contributed by atoms with Gasteiger partial charge in [-0.2, -0.15) is 0 Å². The number of benzene rings is 1. The minimum absolute atomic E-state index is 0.0141. The van der Waals surface area contributed by atoms with E-state index in [4.69, 9.17) is 0 Å². The third-order valence-electron chi connectivity index (χ3n) is 3.68. The second-order valence-corrected chi connectivity index (χ2v) is 5.55. The first-order valence-corrected chi connectivity index (χ1v) is 6.61. The molecule has 2 atom stereocenters. The first-order valence-electron chi connectivity index (χ1n) is 5.82. The van der Waals surface area contributed by atoms with Gasteiger partial charge in [-0.1, -0.05) is 22.4 Å². The number of fused-ring (bicyclic) bond motifs is 1. The van der Waals surface area contributed by atoms with E-state index in [0.717, 1.165) is 23.7 Å². The molecule has 0 bridgehead atoms. The summed E-state index contributed by atoms with van der Waals surface area (Å²) in [6.45, 7) is 0. The molecule has 2 amide bonds. The maximum Gasteiger partial charge on any atom is 0.237 e. The lowest BCUT2D eigenvalue weighted by molar-refractivity contribution is -0.122. The molecule has 0 aromatic heterocycles. The van der Waals surface area contributed by atoms with Crippen LogP contribution in [0, 0.1) is 11.8 Å². The van der Waals surface area contributed by atoms with Gasteiger partial charge in [-0.15, -0.1) is 0 Å². The molecule has 4 heteroatoms. The summed E-state index contributed by atoms with van der Waals surface area (Å²) in [6, 6.07) is 7.32. The van der Waals surface area contributed by atoms with Gasteiger partial charge >= 0.3 is 0 Å². The molecule has 1 aromatic carbocycles. The summed E-state index contributed by atoms with van der Waals surface area (Å²) in [6.07, 6.45) is 2.73. The highest BCUT2D eigenvalue weighted by Crippen LogP contribution is 2.41. The van der Waals surface area contributed by atoms with E-state index in [-0.39, 0.29) is 23.7 Å². The van der Waals surface area contributed by atoms with Gasteiger partial charge in [-0.3, -0.25) is 14.5 Å². The summed E-state index contributed by atoms with van der Waals surface area (Å²) in [7, 11) is 0. The standard InChI is InChI=1S/C13H12BrNO2/c14-8-4-6-9(7-5-8)15-12(16)10-2-1-3-11(10)13(15)17/h4-7,10-11H,1-3H2. The Kier molecular flexibility index (Phi) is 2.54. The third kappa shape index (κ3) is 1.62. The molecule has 2 unspecified atom stereocenters. The third-order valence-corrected chi connectivity index (χ3v) is 4.20. The van der Waals surface area contributed by atoms with Crippen molar-refractivity contribution in [1.82, 2.24) is 0 Å². The lowest BCUT2D eigenvalue weighted by Gasteiger charge is -2.15. The Morgan fingerprint density at radius 1 is 1.00 bits per heavy atom. The number of hydrogen-bond donors (Lipinski definition) is 0. The molecular weight excluding hydrogens is 282 g/mol. The highest BCUT2D eigenvalue weighted by atomic mass is 79.9. The van der Waals surface area contributed by atoms with Crippen LogP contribution in [0.1, 0.15) is 19.3 Å². The second kappa shape index (κ2) is 3.95. The lowest BCUT2D eigenvalue weighted by atomic mass is 10.00. The zero-order valence-corrected chi connectivity index (χ0v) is 10.8. The molecular formula is C13H12BrNO2. The predicted octanol–water partition coefficient (Wildman–Crippen LogP) is 2.74. The van der Waals surface area contributed by atoms with Crippen LogP contribution in [0.15, 0.2) is 28.7 Å². The van der Waals surface area contributed by atoms with Crippen molar-refractivity contribution in [3.8, 4) is 0 Å².